The maximum atomic E-state index is 12.2. The molecule has 0 radical (unpaired) electrons. The first-order valence-electron chi connectivity index (χ1n) is 9.14. The maximum Gasteiger partial charge on any atom is 0.329 e. The van der Waals surface area contributed by atoms with E-state index >= 15 is 0 Å². The summed E-state index contributed by atoms with van der Waals surface area (Å²) < 4.78 is 10.4. The van der Waals surface area contributed by atoms with Crippen LogP contribution in [-0.4, -0.2) is 42.4 Å². The number of nitrogens with one attached hydrogen (secondary N) is 2. The zero-order valence-electron chi connectivity index (χ0n) is 16.6. The number of hydrogen-bond donors (Lipinski definition) is 3. The van der Waals surface area contributed by atoms with Crippen LogP contribution in [0.15, 0.2) is 54.6 Å². The highest BCUT2D eigenvalue weighted by atomic mass is 16.5. The molecule has 0 spiro atoms. The van der Waals surface area contributed by atoms with Crippen LogP contribution in [0.1, 0.15) is 24.2 Å². The summed E-state index contributed by atoms with van der Waals surface area (Å²) in [6.07, 6.45) is -1.10. The number of ether oxygens (including phenoxy) is 2. The lowest BCUT2D eigenvalue weighted by Gasteiger charge is -2.17. The third kappa shape index (κ3) is 6.93. The number of primary amides is 1. The van der Waals surface area contributed by atoms with Gasteiger partial charge in [-0.3, -0.25) is 14.4 Å². The zero-order valence-corrected chi connectivity index (χ0v) is 16.6. The summed E-state index contributed by atoms with van der Waals surface area (Å²) in [6, 6.07) is 13.7. The molecule has 30 heavy (non-hydrogen) atoms. The van der Waals surface area contributed by atoms with Crippen molar-refractivity contribution in [2.75, 3.05) is 11.9 Å². The predicted molar refractivity (Wildman–Crippen MR) is 109 cm³/mol. The minimum Gasteiger partial charge on any atom is -0.484 e. The third-order valence-electron chi connectivity index (χ3n) is 3.94. The summed E-state index contributed by atoms with van der Waals surface area (Å²) in [7, 11) is 0. The minimum absolute atomic E-state index is 0.265. The van der Waals surface area contributed by atoms with E-state index in [1.54, 1.807) is 24.3 Å². The number of para-hydroxylation sites is 1. The average molecular weight is 413 g/mol. The number of amides is 3. The summed E-state index contributed by atoms with van der Waals surface area (Å²) in [4.78, 5) is 47.3. The molecule has 0 fully saturated rings. The van der Waals surface area contributed by atoms with Crippen LogP contribution in [0.2, 0.25) is 0 Å². The third-order valence-corrected chi connectivity index (χ3v) is 3.94. The molecule has 9 nitrogen and oxygen atoms in total. The molecule has 0 aliphatic rings. The van der Waals surface area contributed by atoms with E-state index in [0.717, 1.165) is 0 Å². The van der Waals surface area contributed by atoms with Gasteiger partial charge in [-0.15, -0.1) is 0 Å². The van der Waals surface area contributed by atoms with Gasteiger partial charge in [0.25, 0.3) is 11.8 Å². The van der Waals surface area contributed by atoms with E-state index in [1.165, 1.54) is 38.1 Å². The van der Waals surface area contributed by atoms with Crippen molar-refractivity contribution in [3.05, 3.63) is 60.2 Å². The molecule has 158 valence electrons. The van der Waals surface area contributed by atoms with Gasteiger partial charge in [0.1, 0.15) is 11.8 Å². The van der Waals surface area contributed by atoms with Crippen LogP contribution in [-0.2, 0) is 19.1 Å². The Morgan fingerprint density at radius 1 is 0.967 bits per heavy atom. The van der Waals surface area contributed by atoms with E-state index in [9.17, 15) is 19.2 Å². The molecular weight excluding hydrogens is 390 g/mol. The number of esters is 1. The van der Waals surface area contributed by atoms with Crippen LogP contribution in [0.4, 0.5) is 5.69 Å². The lowest BCUT2D eigenvalue weighted by molar-refractivity contribution is -0.155. The van der Waals surface area contributed by atoms with Crippen molar-refractivity contribution in [2.45, 2.75) is 26.0 Å². The molecule has 2 aromatic rings. The second kappa shape index (κ2) is 10.6. The van der Waals surface area contributed by atoms with Crippen LogP contribution in [0, 0.1) is 0 Å². The van der Waals surface area contributed by atoms with Crippen molar-refractivity contribution < 1.29 is 28.7 Å². The van der Waals surface area contributed by atoms with Gasteiger partial charge in [-0.2, -0.15) is 0 Å². The quantitative estimate of drug-likeness (QED) is 0.529. The van der Waals surface area contributed by atoms with Crippen molar-refractivity contribution in [3.8, 4) is 5.75 Å². The molecular formula is C21H23N3O6. The Morgan fingerprint density at radius 2 is 1.60 bits per heavy atom. The molecule has 2 aromatic carbocycles. The highest BCUT2D eigenvalue weighted by Crippen LogP contribution is 2.11. The fourth-order valence-corrected chi connectivity index (χ4v) is 2.30. The second-order valence-electron chi connectivity index (χ2n) is 6.40. The molecule has 0 aromatic heterocycles. The molecule has 2 rings (SSSR count). The smallest absolute Gasteiger partial charge is 0.329 e. The summed E-state index contributed by atoms with van der Waals surface area (Å²) in [6.45, 7) is 2.58. The number of benzene rings is 2. The van der Waals surface area contributed by atoms with E-state index < -0.39 is 35.8 Å². The fraction of sp³-hybridized carbons (Fsp3) is 0.238. The van der Waals surface area contributed by atoms with Crippen LogP contribution in [0.25, 0.3) is 0 Å². The standard InChI is InChI=1S/C21H23N3O6/c1-13(23-18(25)12-29-17-6-4-3-5-7-17)21(28)30-14(2)20(27)24-16-10-8-15(9-11-16)19(22)26/h3-11,13-14H,12H2,1-2H3,(H2,22,26)(H,23,25)(H,24,27)/t13-,14+/m0/s1. The lowest BCUT2D eigenvalue weighted by atomic mass is 10.2. The molecule has 0 unspecified atom stereocenters. The number of hydrogen-bond acceptors (Lipinski definition) is 6. The molecule has 0 bridgehead atoms. The van der Waals surface area contributed by atoms with Gasteiger partial charge in [0.2, 0.25) is 5.91 Å². The monoisotopic (exact) mass is 413 g/mol. The van der Waals surface area contributed by atoms with Gasteiger partial charge in [0, 0.05) is 11.3 Å². The van der Waals surface area contributed by atoms with Crippen LogP contribution in [0.5, 0.6) is 5.75 Å². The fourth-order valence-electron chi connectivity index (χ4n) is 2.30. The Labute approximate surface area is 173 Å². The number of carbonyl (C=O) groups is 4. The Balaban J connectivity index is 1.78. The van der Waals surface area contributed by atoms with Crippen molar-refractivity contribution in [3.63, 3.8) is 0 Å². The highest BCUT2D eigenvalue weighted by Gasteiger charge is 2.23. The van der Waals surface area contributed by atoms with Gasteiger partial charge in [-0.05, 0) is 50.2 Å². The highest BCUT2D eigenvalue weighted by molar-refractivity contribution is 5.97. The number of anilines is 1. The predicted octanol–water partition coefficient (Wildman–Crippen LogP) is 1.24. The summed E-state index contributed by atoms with van der Waals surface area (Å²) >= 11 is 0. The lowest BCUT2D eigenvalue weighted by Crippen LogP contribution is -2.44. The summed E-state index contributed by atoms with van der Waals surface area (Å²) in [5.41, 5.74) is 5.87. The molecule has 9 heteroatoms. The van der Waals surface area contributed by atoms with Gasteiger partial charge in [-0.1, -0.05) is 18.2 Å². The Hall–Kier alpha value is -3.88. The summed E-state index contributed by atoms with van der Waals surface area (Å²) in [5.74, 6) is -1.90. The molecule has 0 saturated carbocycles. The molecule has 0 aliphatic heterocycles. The van der Waals surface area contributed by atoms with E-state index in [2.05, 4.69) is 10.6 Å². The normalized spacial score (nSPS) is 12.2. The van der Waals surface area contributed by atoms with Crippen LogP contribution in [0.3, 0.4) is 0 Å². The van der Waals surface area contributed by atoms with Crippen molar-refractivity contribution >= 4 is 29.4 Å². The van der Waals surface area contributed by atoms with E-state index in [4.69, 9.17) is 15.2 Å². The summed E-state index contributed by atoms with van der Waals surface area (Å²) in [5, 5.41) is 5.00. The van der Waals surface area contributed by atoms with Crippen LogP contribution < -0.4 is 21.1 Å². The second-order valence-corrected chi connectivity index (χ2v) is 6.40. The van der Waals surface area contributed by atoms with Crippen molar-refractivity contribution in [1.82, 2.24) is 5.32 Å². The number of nitrogens with two attached hydrogens (primary N) is 1. The van der Waals surface area contributed by atoms with Gasteiger partial charge >= 0.3 is 5.97 Å². The topological polar surface area (TPSA) is 137 Å². The van der Waals surface area contributed by atoms with Gasteiger partial charge in [0.15, 0.2) is 12.7 Å². The van der Waals surface area contributed by atoms with E-state index in [0.29, 0.717) is 17.0 Å². The van der Waals surface area contributed by atoms with E-state index in [-0.39, 0.29) is 6.61 Å². The van der Waals surface area contributed by atoms with Crippen molar-refractivity contribution in [2.24, 2.45) is 5.73 Å². The first-order valence-corrected chi connectivity index (χ1v) is 9.14. The SMILES string of the molecule is C[C@H](NC(=O)COc1ccccc1)C(=O)O[C@H](C)C(=O)Nc1ccc(C(N)=O)cc1. The molecule has 0 heterocycles. The minimum atomic E-state index is -1.10. The van der Waals surface area contributed by atoms with Crippen LogP contribution >= 0.6 is 0 Å². The molecule has 0 aliphatic carbocycles. The van der Waals surface area contributed by atoms with E-state index in [1.807, 2.05) is 6.07 Å². The molecule has 2 atom stereocenters. The van der Waals surface area contributed by atoms with Gasteiger partial charge < -0.3 is 25.8 Å². The van der Waals surface area contributed by atoms with Gasteiger partial charge in [-0.25, -0.2) is 4.79 Å². The first-order chi connectivity index (χ1) is 14.3. The largest absolute Gasteiger partial charge is 0.484 e. The Kier molecular flexibility index (Phi) is 7.92. The number of carbonyl (C=O) groups excluding carboxylic acids is 4. The zero-order chi connectivity index (χ0) is 22.1. The molecule has 0 saturated heterocycles. The Morgan fingerprint density at radius 3 is 2.20 bits per heavy atom. The average Bonchev–Trinajstić information content (AvgIpc) is 2.73. The first kappa shape index (κ1) is 22.4. The van der Waals surface area contributed by atoms with Crippen molar-refractivity contribution in [1.29, 1.82) is 0 Å². The van der Waals surface area contributed by atoms with Gasteiger partial charge in [0.05, 0.1) is 0 Å². The Bertz CT molecular complexity index is 899. The molecule has 3 amide bonds. The number of rotatable bonds is 9. The molecule has 4 N–H and O–H groups in total. The maximum absolute atomic E-state index is 12.2.